The first-order valence-electron chi connectivity index (χ1n) is 13.0. The Kier molecular flexibility index (Phi) is 12.4. The van der Waals surface area contributed by atoms with Gasteiger partial charge in [-0.25, -0.2) is 0 Å². The molecule has 1 atom stereocenters. The standard InChI is InChI=1S/C28H33F6N3O2.2ClH/c1-19-3-4-21(13-20(19)2)14-25-18-36(6-5-35-9-11-39-12-10-35)7-8-37(25)26(38)22-15-23(27(29,30)31)17-24(16-22)28(32,33)34;;/h3-4,13,15-17,25H,5-12,14,18H2,1-2H3;2*1H/t25-;;/m1../s1. The van der Waals surface area contributed by atoms with Gasteiger partial charge in [0.15, 0.2) is 0 Å². The molecule has 2 saturated heterocycles. The molecule has 13 heteroatoms. The number of carbonyl (C=O) groups excluding carboxylic acids is 1. The molecule has 2 aliphatic rings. The van der Waals surface area contributed by atoms with Crippen LogP contribution in [0.5, 0.6) is 0 Å². The van der Waals surface area contributed by atoms with E-state index in [2.05, 4.69) is 9.80 Å². The predicted octanol–water partition coefficient (Wildman–Crippen LogP) is 5.89. The molecular formula is C28H35Cl2F6N3O2. The van der Waals surface area contributed by atoms with Crippen LogP contribution in [0.25, 0.3) is 0 Å². The number of piperazine rings is 1. The van der Waals surface area contributed by atoms with Crippen LogP contribution in [0.2, 0.25) is 0 Å². The van der Waals surface area contributed by atoms with Crippen molar-refractivity contribution < 1.29 is 35.9 Å². The Hall–Kier alpha value is -2.05. The highest BCUT2D eigenvalue weighted by Crippen LogP contribution is 2.37. The predicted molar refractivity (Wildman–Crippen MR) is 149 cm³/mol. The van der Waals surface area contributed by atoms with E-state index in [0.29, 0.717) is 44.9 Å². The van der Waals surface area contributed by atoms with Gasteiger partial charge in [-0.3, -0.25) is 14.6 Å². The van der Waals surface area contributed by atoms with Crippen LogP contribution in [0.15, 0.2) is 36.4 Å². The van der Waals surface area contributed by atoms with E-state index in [9.17, 15) is 31.1 Å². The lowest BCUT2D eigenvalue weighted by molar-refractivity contribution is -0.143. The molecule has 4 rings (SSSR count). The van der Waals surface area contributed by atoms with Gasteiger partial charge in [-0.05, 0) is 55.2 Å². The number of carbonyl (C=O) groups is 1. The first kappa shape index (κ1) is 35.1. The lowest BCUT2D eigenvalue weighted by Gasteiger charge is -2.42. The van der Waals surface area contributed by atoms with Gasteiger partial charge in [0.1, 0.15) is 0 Å². The first-order valence-corrected chi connectivity index (χ1v) is 13.0. The Morgan fingerprint density at radius 1 is 0.805 bits per heavy atom. The molecule has 0 spiro atoms. The lowest BCUT2D eigenvalue weighted by atomic mass is 9.97. The second-order valence-electron chi connectivity index (χ2n) is 10.3. The zero-order valence-electron chi connectivity index (χ0n) is 22.9. The summed E-state index contributed by atoms with van der Waals surface area (Å²) in [5, 5.41) is 0. The fourth-order valence-corrected chi connectivity index (χ4v) is 5.12. The van der Waals surface area contributed by atoms with E-state index in [-0.39, 0.29) is 37.4 Å². The highest BCUT2D eigenvalue weighted by Gasteiger charge is 2.39. The van der Waals surface area contributed by atoms with E-state index in [1.165, 1.54) is 4.90 Å². The van der Waals surface area contributed by atoms with E-state index < -0.39 is 41.0 Å². The third kappa shape index (κ3) is 9.22. The minimum atomic E-state index is -5.02. The number of benzene rings is 2. The van der Waals surface area contributed by atoms with Crippen molar-refractivity contribution in [3.8, 4) is 0 Å². The van der Waals surface area contributed by atoms with Gasteiger partial charge in [0, 0.05) is 57.4 Å². The third-order valence-electron chi connectivity index (χ3n) is 7.54. The van der Waals surface area contributed by atoms with E-state index in [1.807, 2.05) is 32.0 Å². The van der Waals surface area contributed by atoms with Crippen molar-refractivity contribution in [2.24, 2.45) is 0 Å². The maximum Gasteiger partial charge on any atom is 0.416 e. The van der Waals surface area contributed by atoms with Crippen LogP contribution >= 0.6 is 24.8 Å². The van der Waals surface area contributed by atoms with Gasteiger partial charge in [-0.2, -0.15) is 26.3 Å². The van der Waals surface area contributed by atoms with Crippen LogP contribution < -0.4 is 0 Å². The number of nitrogens with zero attached hydrogens (tertiary/aromatic N) is 3. The molecular weight excluding hydrogens is 595 g/mol. The normalized spacial score (nSPS) is 18.9. The van der Waals surface area contributed by atoms with Crippen molar-refractivity contribution >= 4 is 30.7 Å². The van der Waals surface area contributed by atoms with Crippen molar-refractivity contribution in [1.29, 1.82) is 0 Å². The molecule has 2 aromatic rings. The summed E-state index contributed by atoms with van der Waals surface area (Å²) in [6.07, 6.45) is -9.60. The van der Waals surface area contributed by atoms with Gasteiger partial charge in [-0.1, -0.05) is 18.2 Å². The van der Waals surface area contributed by atoms with Gasteiger partial charge in [-0.15, -0.1) is 24.8 Å². The Labute approximate surface area is 248 Å². The molecule has 2 aromatic carbocycles. The van der Waals surface area contributed by atoms with Gasteiger partial charge in [0.2, 0.25) is 0 Å². The first-order chi connectivity index (χ1) is 18.3. The molecule has 2 fully saturated rings. The third-order valence-corrected chi connectivity index (χ3v) is 7.54. The quantitative estimate of drug-likeness (QED) is 0.374. The number of hydrogen-bond acceptors (Lipinski definition) is 4. The fraction of sp³-hybridized carbons (Fsp3) is 0.536. The van der Waals surface area contributed by atoms with Gasteiger partial charge in [0.05, 0.1) is 24.3 Å². The van der Waals surface area contributed by atoms with Crippen molar-refractivity contribution in [1.82, 2.24) is 14.7 Å². The number of hydrogen-bond donors (Lipinski definition) is 0. The molecule has 0 saturated carbocycles. The Morgan fingerprint density at radius 3 is 1.95 bits per heavy atom. The van der Waals surface area contributed by atoms with Crippen LogP contribution in [0, 0.1) is 13.8 Å². The van der Waals surface area contributed by atoms with Crippen LogP contribution in [-0.2, 0) is 23.5 Å². The van der Waals surface area contributed by atoms with Crippen molar-refractivity contribution in [2.75, 3.05) is 59.0 Å². The maximum atomic E-state index is 13.5. The molecule has 0 aliphatic carbocycles. The van der Waals surface area contributed by atoms with Crippen LogP contribution in [-0.4, -0.2) is 85.7 Å². The summed E-state index contributed by atoms with van der Waals surface area (Å²) in [6, 6.07) is 6.61. The number of amides is 1. The summed E-state index contributed by atoms with van der Waals surface area (Å²) in [5.41, 5.74) is -0.463. The maximum absolute atomic E-state index is 13.5. The average Bonchev–Trinajstić information content (AvgIpc) is 2.89. The fourth-order valence-electron chi connectivity index (χ4n) is 5.12. The molecule has 1 amide bonds. The molecule has 2 heterocycles. The molecule has 0 aromatic heterocycles. The number of rotatable bonds is 6. The second-order valence-corrected chi connectivity index (χ2v) is 10.3. The van der Waals surface area contributed by atoms with Crippen LogP contribution in [0.3, 0.4) is 0 Å². The minimum absolute atomic E-state index is 0. The Balaban J connectivity index is 0.00000294. The number of alkyl halides is 6. The summed E-state index contributed by atoms with van der Waals surface area (Å²) in [4.78, 5) is 19.5. The van der Waals surface area contributed by atoms with Crippen LogP contribution in [0.1, 0.15) is 38.2 Å². The average molecular weight is 631 g/mol. The number of halogens is 8. The number of aryl methyl sites for hydroxylation is 2. The van der Waals surface area contributed by atoms with Crippen molar-refractivity contribution in [3.63, 3.8) is 0 Å². The molecule has 5 nitrogen and oxygen atoms in total. The highest BCUT2D eigenvalue weighted by molar-refractivity contribution is 5.95. The summed E-state index contributed by atoms with van der Waals surface area (Å²) >= 11 is 0. The minimum Gasteiger partial charge on any atom is -0.379 e. The Morgan fingerprint density at radius 2 is 1.39 bits per heavy atom. The molecule has 0 N–H and O–H groups in total. The summed E-state index contributed by atoms with van der Waals surface area (Å²) in [6.45, 7) is 9.68. The largest absolute Gasteiger partial charge is 0.416 e. The Bertz CT molecular complexity index is 1140. The number of ether oxygens (including phenoxy) is 1. The summed E-state index contributed by atoms with van der Waals surface area (Å²) < 4.78 is 86.1. The molecule has 41 heavy (non-hydrogen) atoms. The highest BCUT2D eigenvalue weighted by atomic mass is 35.5. The van der Waals surface area contributed by atoms with E-state index in [1.54, 1.807) is 0 Å². The number of morpholine rings is 1. The SMILES string of the molecule is Cc1ccc(C[C@@H]2CN(CCN3CCOCC3)CCN2C(=O)c2cc(C(F)(F)F)cc(C(F)(F)F)c2)cc1C.Cl.Cl. The molecule has 230 valence electrons. The van der Waals surface area contributed by atoms with Crippen molar-refractivity contribution in [3.05, 3.63) is 69.8 Å². The molecule has 0 unspecified atom stereocenters. The second kappa shape index (κ2) is 14.4. The zero-order valence-corrected chi connectivity index (χ0v) is 24.5. The van der Waals surface area contributed by atoms with E-state index >= 15 is 0 Å². The monoisotopic (exact) mass is 629 g/mol. The zero-order chi connectivity index (χ0) is 28.4. The van der Waals surface area contributed by atoms with Gasteiger partial charge < -0.3 is 9.64 Å². The topological polar surface area (TPSA) is 36.0 Å². The smallest absolute Gasteiger partial charge is 0.379 e. The van der Waals surface area contributed by atoms with E-state index in [0.717, 1.165) is 42.9 Å². The molecule has 0 bridgehead atoms. The van der Waals surface area contributed by atoms with E-state index in [4.69, 9.17) is 4.74 Å². The van der Waals surface area contributed by atoms with Crippen LogP contribution in [0.4, 0.5) is 26.3 Å². The lowest BCUT2D eigenvalue weighted by Crippen LogP contribution is -2.57. The summed E-state index contributed by atoms with van der Waals surface area (Å²) in [7, 11) is 0. The van der Waals surface area contributed by atoms with Gasteiger partial charge >= 0.3 is 12.4 Å². The molecule has 2 aliphatic heterocycles. The van der Waals surface area contributed by atoms with Gasteiger partial charge in [0.25, 0.3) is 5.91 Å². The summed E-state index contributed by atoms with van der Waals surface area (Å²) in [5.74, 6) is -0.826. The van der Waals surface area contributed by atoms with Crippen molar-refractivity contribution in [2.45, 2.75) is 38.7 Å². The molecule has 0 radical (unpaired) electrons.